The zero-order valence-electron chi connectivity index (χ0n) is 14.1. The second-order valence-corrected chi connectivity index (χ2v) is 6.67. The van der Waals surface area contributed by atoms with Gasteiger partial charge in [-0.2, -0.15) is 5.10 Å². The molecular weight excluding hydrogens is 344 g/mol. The Bertz CT molecular complexity index is 1040. The number of carbonyl (C=O) groups is 1. The molecule has 0 aliphatic rings. The Morgan fingerprint density at radius 2 is 1.85 bits per heavy atom. The first-order valence-electron chi connectivity index (χ1n) is 8.14. The van der Waals surface area contributed by atoms with E-state index in [2.05, 4.69) is 10.3 Å². The molecular formula is C20H16N4OS. The fourth-order valence-electron chi connectivity index (χ4n) is 2.74. The quantitative estimate of drug-likeness (QED) is 0.580. The number of anilines is 1. The molecule has 0 atom stereocenters. The molecule has 2 aromatic carbocycles. The number of aromatic nitrogens is 3. The van der Waals surface area contributed by atoms with Gasteiger partial charge in [0.2, 0.25) is 0 Å². The summed E-state index contributed by atoms with van der Waals surface area (Å²) < 4.78 is 1.73. The molecule has 0 saturated carbocycles. The summed E-state index contributed by atoms with van der Waals surface area (Å²) >= 11 is 1.38. The van der Waals surface area contributed by atoms with E-state index in [4.69, 9.17) is 5.10 Å². The van der Waals surface area contributed by atoms with Crippen molar-refractivity contribution in [3.05, 3.63) is 83.5 Å². The summed E-state index contributed by atoms with van der Waals surface area (Å²) in [5.74, 6) is -0.222. The van der Waals surface area contributed by atoms with E-state index < -0.39 is 0 Å². The minimum Gasteiger partial charge on any atom is -0.298 e. The Hall–Kier alpha value is -3.25. The summed E-state index contributed by atoms with van der Waals surface area (Å²) in [6, 6.07) is 17.7. The number of hydrogen-bond acceptors (Lipinski definition) is 4. The lowest BCUT2D eigenvalue weighted by molar-refractivity contribution is 0.102. The smallest absolute Gasteiger partial charge is 0.261 e. The van der Waals surface area contributed by atoms with Crippen molar-refractivity contribution in [1.82, 2.24) is 14.8 Å². The molecule has 0 saturated heterocycles. The predicted molar refractivity (Wildman–Crippen MR) is 104 cm³/mol. The van der Waals surface area contributed by atoms with Crippen LogP contribution in [0.3, 0.4) is 0 Å². The van der Waals surface area contributed by atoms with Crippen LogP contribution < -0.4 is 5.32 Å². The van der Waals surface area contributed by atoms with E-state index in [9.17, 15) is 4.79 Å². The highest BCUT2D eigenvalue weighted by atomic mass is 32.1. The first kappa shape index (κ1) is 16.2. The van der Waals surface area contributed by atoms with Crippen molar-refractivity contribution in [1.29, 1.82) is 0 Å². The van der Waals surface area contributed by atoms with Crippen LogP contribution in [0.15, 0.2) is 72.4 Å². The third-order valence-electron chi connectivity index (χ3n) is 4.03. The van der Waals surface area contributed by atoms with Gasteiger partial charge in [0.1, 0.15) is 5.69 Å². The minimum absolute atomic E-state index is 0.222. The molecule has 0 aliphatic heterocycles. The molecule has 2 heterocycles. The first-order valence-corrected chi connectivity index (χ1v) is 9.02. The normalized spacial score (nSPS) is 10.7. The van der Waals surface area contributed by atoms with Gasteiger partial charge in [-0.3, -0.25) is 10.1 Å². The zero-order valence-corrected chi connectivity index (χ0v) is 14.9. The summed E-state index contributed by atoms with van der Waals surface area (Å²) in [6.07, 6.45) is 3.43. The topological polar surface area (TPSA) is 59.8 Å². The lowest BCUT2D eigenvalue weighted by Gasteiger charge is -2.05. The molecule has 2 aromatic heterocycles. The number of amides is 1. The Balaban J connectivity index is 1.81. The van der Waals surface area contributed by atoms with Gasteiger partial charge in [-0.25, -0.2) is 9.67 Å². The maximum atomic E-state index is 12.9. The largest absolute Gasteiger partial charge is 0.298 e. The van der Waals surface area contributed by atoms with Crippen LogP contribution in [-0.4, -0.2) is 20.7 Å². The number of para-hydroxylation sites is 1. The van der Waals surface area contributed by atoms with Crippen molar-refractivity contribution in [2.75, 3.05) is 5.32 Å². The summed E-state index contributed by atoms with van der Waals surface area (Å²) in [5.41, 5.74) is 4.07. The highest BCUT2D eigenvalue weighted by Crippen LogP contribution is 2.27. The molecule has 0 bridgehead atoms. The Morgan fingerprint density at radius 1 is 1.08 bits per heavy atom. The predicted octanol–water partition coefficient (Wildman–Crippen LogP) is 4.56. The summed E-state index contributed by atoms with van der Waals surface area (Å²) in [5, 5.41) is 9.94. The summed E-state index contributed by atoms with van der Waals surface area (Å²) in [6.45, 7) is 2.01. The van der Waals surface area contributed by atoms with Gasteiger partial charge in [-0.15, -0.1) is 11.3 Å². The Kier molecular flexibility index (Phi) is 4.33. The minimum atomic E-state index is -0.222. The number of carbonyl (C=O) groups excluding carboxylic acids is 1. The van der Waals surface area contributed by atoms with Crippen LogP contribution in [0, 0.1) is 6.92 Å². The second-order valence-electron chi connectivity index (χ2n) is 5.78. The van der Waals surface area contributed by atoms with E-state index in [1.54, 1.807) is 17.1 Å². The van der Waals surface area contributed by atoms with Gasteiger partial charge < -0.3 is 0 Å². The van der Waals surface area contributed by atoms with E-state index in [0.717, 1.165) is 16.8 Å². The fraction of sp³-hybridized carbons (Fsp3) is 0.0500. The Labute approximate surface area is 155 Å². The van der Waals surface area contributed by atoms with E-state index in [-0.39, 0.29) is 5.91 Å². The molecule has 0 radical (unpaired) electrons. The van der Waals surface area contributed by atoms with E-state index in [0.29, 0.717) is 16.4 Å². The van der Waals surface area contributed by atoms with Gasteiger partial charge in [-0.05, 0) is 24.6 Å². The first-order chi connectivity index (χ1) is 12.7. The van der Waals surface area contributed by atoms with E-state index in [1.165, 1.54) is 11.3 Å². The van der Waals surface area contributed by atoms with Gasteiger partial charge in [0.15, 0.2) is 5.13 Å². The number of thiazole rings is 1. The standard InChI is InChI=1S/C20H16N4OS/c1-14-7-5-6-10-16(14)18-17(19(25)22-20-21-11-12-26-20)13-24(23-18)15-8-3-2-4-9-15/h2-13H,1H3,(H,21,22,25). The zero-order chi connectivity index (χ0) is 17.9. The molecule has 26 heavy (non-hydrogen) atoms. The summed E-state index contributed by atoms with van der Waals surface area (Å²) in [7, 11) is 0. The molecule has 0 spiro atoms. The second kappa shape index (κ2) is 6.93. The van der Waals surface area contributed by atoms with Crippen LogP contribution in [0.2, 0.25) is 0 Å². The van der Waals surface area contributed by atoms with Crippen LogP contribution in [0.4, 0.5) is 5.13 Å². The number of aryl methyl sites for hydroxylation is 1. The average molecular weight is 360 g/mol. The monoisotopic (exact) mass is 360 g/mol. The van der Waals surface area contributed by atoms with Gasteiger partial charge in [0.25, 0.3) is 5.91 Å². The van der Waals surface area contributed by atoms with Gasteiger partial charge in [0.05, 0.1) is 11.3 Å². The molecule has 1 amide bonds. The van der Waals surface area contributed by atoms with Crippen LogP contribution >= 0.6 is 11.3 Å². The van der Waals surface area contributed by atoms with Crippen molar-refractivity contribution in [3.63, 3.8) is 0 Å². The number of hydrogen-bond donors (Lipinski definition) is 1. The molecule has 4 rings (SSSR count). The maximum absolute atomic E-state index is 12.9. The molecule has 4 aromatic rings. The lowest BCUT2D eigenvalue weighted by Crippen LogP contribution is -2.12. The van der Waals surface area contributed by atoms with Crippen molar-refractivity contribution in [2.45, 2.75) is 6.92 Å². The van der Waals surface area contributed by atoms with Crippen LogP contribution in [0.25, 0.3) is 16.9 Å². The lowest BCUT2D eigenvalue weighted by atomic mass is 10.0. The number of nitrogens with zero attached hydrogens (tertiary/aromatic N) is 3. The van der Waals surface area contributed by atoms with Gasteiger partial charge >= 0.3 is 0 Å². The van der Waals surface area contributed by atoms with E-state index >= 15 is 0 Å². The van der Waals surface area contributed by atoms with Crippen LogP contribution in [-0.2, 0) is 0 Å². The molecule has 0 fully saturated rings. The van der Waals surface area contributed by atoms with Crippen LogP contribution in [0.1, 0.15) is 15.9 Å². The highest BCUT2D eigenvalue weighted by molar-refractivity contribution is 7.13. The van der Waals surface area contributed by atoms with Gasteiger partial charge in [-0.1, -0.05) is 42.5 Å². The molecule has 128 valence electrons. The maximum Gasteiger partial charge on any atom is 0.261 e. The SMILES string of the molecule is Cc1ccccc1-c1nn(-c2ccccc2)cc1C(=O)Nc1nccs1. The summed E-state index contributed by atoms with van der Waals surface area (Å²) in [4.78, 5) is 17.0. The van der Waals surface area contributed by atoms with Crippen molar-refractivity contribution < 1.29 is 4.79 Å². The van der Waals surface area contributed by atoms with Gasteiger partial charge in [0, 0.05) is 23.3 Å². The highest BCUT2D eigenvalue weighted by Gasteiger charge is 2.20. The number of benzene rings is 2. The van der Waals surface area contributed by atoms with Crippen molar-refractivity contribution in [3.8, 4) is 16.9 Å². The number of nitrogens with one attached hydrogen (secondary N) is 1. The molecule has 1 N–H and O–H groups in total. The molecule has 6 heteroatoms. The average Bonchev–Trinajstić information content (AvgIpc) is 3.32. The van der Waals surface area contributed by atoms with E-state index in [1.807, 2.05) is 66.9 Å². The fourth-order valence-corrected chi connectivity index (χ4v) is 3.26. The third kappa shape index (κ3) is 3.14. The van der Waals surface area contributed by atoms with Crippen molar-refractivity contribution >= 4 is 22.4 Å². The van der Waals surface area contributed by atoms with Crippen molar-refractivity contribution in [2.24, 2.45) is 0 Å². The molecule has 0 aliphatic carbocycles. The van der Waals surface area contributed by atoms with Crippen LogP contribution in [0.5, 0.6) is 0 Å². The number of rotatable bonds is 4. The molecule has 0 unspecified atom stereocenters. The molecule has 5 nitrogen and oxygen atoms in total. The third-order valence-corrected chi connectivity index (χ3v) is 4.72. The Morgan fingerprint density at radius 3 is 2.58 bits per heavy atom.